The largest absolute Gasteiger partial charge is 0.461 e. The van der Waals surface area contributed by atoms with E-state index in [2.05, 4.69) is 27.6 Å². The van der Waals surface area contributed by atoms with E-state index in [-0.39, 0.29) is 5.97 Å². The van der Waals surface area contributed by atoms with Crippen molar-refractivity contribution in [3.05, 3.63) is 27.6 Å². The fourth-order valence-corrected chi connectivity index (χ4v) is 2.89. The van der Waals surface area contributed by atoms with Gasteiger partial charge in [0, 0.05) is 9.77 Å². The number of ether oxygens (including phenoxy) is 1. The minimum atomic E-state index is -0.354. The number of imidazole rings is 1. The lowest BCUT2D eigenvalue weighted by Crippen LogP contribution is -2.06. The van der Waals surface area contributed by atoms with Crippen LogP contribution in [-0.4, -0.2) is 27.7 Å². The van der Waals surface area contributed by atoms with Crippen molar-refractivity contribution in [2.24, 2.45) is 0 Å². The van der Waals surface area contributed by atoms with Crippen molar-refractivity contribution in [2.45, 2.75) is 18.9 Å². The number of nitrogens with zero attached hydrogens (tertiary/aromatic N) is 2. The molecule has 0 radical (unpaired) electrons. The Bertz CT molecular complexity index is 583. The van der Waals surface area contributed by atoms with E-state index in [9.17, 15) is 4.79 Å². The molecule has 0 aliphatic heterocycles. The van der Waals surface area contributed by atoms with Gasteiger partial charge >= 0.3 is 5.97 Å². The molecule has 0 aromatic carbocycles. The minimum Gasteiger partial charge on any atom is -0.461 e. The fourth-order valence-electron chi connectivity index (χ4n) is 1.60. The predicted molar refractivity (Wildman–Crippen MR) is 80.3 cm³/mol. The zero-order valence-electron chi connectivity index (χ0n) is 10.1. The molecule has 18 heavy (non-hydrogen) atoms. The predicted octanol–water partition coefficient (Wildman–Crippen LogP) is 3.23. The van der Waals surface area contributed by atoms with Crippen molar-refractivity contribution >= 4 is 46.0 Å². The SMILES string of the molecule is CCOC(=O)c1nc2ccc(I)cn2c1SCC. The molecule has 2 aromatic heterocycles. The van der Waals surface area contributed by atoms with Gasteiger partial charge in [-0.25, -0.2) is 9.78 Å². The van der Waals surface area contributed by atoms with Crippen molar-refractivity contribution in [1.82, 2.24) is 9.38 Å². The first kappa shape index (κ1) is 13.7. The highest BCUT2D eigenvalue weighted by atomic mass is 127. The second-order valence-corrected chi connectivity index (χ2v) is 5.99. The first-order valence-corrected chi connectivity index (χ1v) is 7.71. The lowest BCUT2D eigenvalue weighted by molar-refractivity contribution is 0.0515. The number of aromatic nitrogens is 2. The fraction of sp³-hybridized carbons (Fsp3) is 0.333. The van der Waals surface area contributed by atoms with Crippen LogP contribution in [0.2, 0.25) is 0 Å². The Balaban J connectivity index is 2.57. The number of fused-ring (bicyclic) bond motifs is 1. The smallest absolute Gasteiger partial charge is 0.359 e. The Morgan fingerprint density at radius 1 is 1.50 bits per heavy atom. The van der Waals surface area contributed by atoms with Crippen LogP contribution < -0.4 is 0 Å². The van der Waals surface area contributed by atoms with Crippen molar-refractivity contribution in [1.29, 1.82) is 0 Å². The van der Waals surface area contributed by atoms with E-state index >= 15 is 0 Å². The third kappa shape index (κ3) is 2.64. The van der Waals surface area contributed by atoms with Gasteiger partial charge in [0.25, 0.3) is 0 Å². The molecule has 2 heterocycles. The van der Waals surface area contributed by atoms with Crippen molar-refractivity contribution < 1.29 is 9.53 Å². The molecule has 0 unspecified atom stereocenters. The lowest BCUT2D eigenvalue weighted by atomic mass is 10.5. The number of hydrogen-bond donors (Lipinski definition) is 0. The van der Waals surface area contributed by atoms with Crippen molar-refractivity contribution in [2.75, 3.05) is 12.4 Å². The molecular formula is C12H13IN2O2S. The summed E-state index contributed by atoms with van der Waals surface area (Å²) in [4.78, 5) is 16.2. The van der Waals surface area contributed by atoms with Crippen LogP contribution in [-0.2, 0) is 4.74 Å². The van der Waals surface area contributed by atoms with Gasteiger partial charge in [0.2, 0.25) is 0 Å². The number of hydrogen-bond acceptors (Lipinski definition) is 4. The van der Waals surface area contributed by atoms with Crippen molar-refractivity contribution in [3.8, 4) is 0 Å². The van der Waals surface area contributed by atoms with Crippen LogP contribution in [0.15, 0.2) is 23.4 Å². The molecule has 0 fully saturated rings. The van der Waals surface area contributed by atoms with Gasteiger partial charge in [-0.1, -0.05) is 6.92 Å². The van der Waals surface area contributed by atoms with Gasteiger partial charge < -0.3 is 4.74 Å². The van der Waals surface area contributed by atoms with E-state index in [1.54, 1.807) is 18.7 Å². The van der Waals surface area contributed by atoms with Crippen LogP contribution in [0.1, 0.15) is 24.3 Å². The first-order chi connectivity index (χ1) is 8.67. The number of halogens is 1. The van der Waals surface area contributed by atoms with E-state index in [1.165, 1.54) is 0 Å². The highest BCUT2D eigenvalue weighted by molar-refractivity contribution is 14.1. The summed E-state index contributed by atoms with van der Waals surface area (Å²) in [7, 11) is 0. The molecule has 4 nitrogen and oxygen atoms in total. The summed E-state index contributed by atoms with van der Waals surface area (Å²) in [5.74, 6) is 0.526. The maximum absolute atomic E-state index is 11.9. The van der Waals surface area contributed by atoms with Crippen LogP contribution in [0.5, 0.6) is 0 Å². The number of pyridine rings is 1. The summed E-state index contributed by atoms with van der Waals surface area (Å²) in [6.45, 7) is 4.21. The number of carbonyl (C=O) groups is 1. The summed E-state index contributed by atoms with van der Waals surface area (Å²) < 4.78 is 8.09. The molecule has 0 aliphatic rings. The third-order valence-corrected chi connectivity index (χ3v) is 3.88. The maximum Gasteiger partial charge on any atom is 0.359 e. The van der Waals surface area contributed by atoms with E-state index in [4.69, 9.17) is 4.74 Å². The quantitative estimate of drug-likeness (QED) is 0.467. The monoisotopic (exact) mass is 376 g/mol. The number of esters is 1. The van der Waals surface area contributed by atoms with E-state index in [1.807, 2.05) is 29.7 Å². The molecule has 0 saturated heterocycles. The summed E-state index contributed by atoms with van der Waals surface area (Å²) in [6, 6.07) is 3.88. The Hall–Kier alpha value is -0.760. The molecule has 0 amide bonds. The molecule has 6 heteroatoms. The molecule has 2 aromatic rings. The number of thioether (sulfide) groups is 1. The van der Waals surface area contributed by atoms with Gasteiger partial charge in [0.05, 0.1) is 6.61 Å². The zero-order chi connectivity index (χ0) is 13.1. The maximum atomic E-state index is 11.9. The van der Waals surface area contributed by atoms with Gasteiger partial charge in [-0.15, -0.1) is 11.8 Å². The average Bonchev–Trinajstić information content (AvgIpc) is 2.69. The van der Waals surface area contributed by atoms with Gasteiger partial charge in [0.15, 0.2) is 5.69 Å². The topological polar surface area (TPSA) is 43.6 Å². The summed E-state index contributed by atoms with van der Waals surface area (Å²) in [5.41, 5.74) is 1.18. The Morgan fingerprint density at radius 3 is 2.94 bits per heavy atom. The van der Waals surface area contributed by atoms with E-state index in [0.29, 0.717) is 12.3 Å². The van der Waals surface area contributed by atoms with E-state index in [0.717, 1.165) is 20.0 Å². The van der Waals surface area contributed by atoms with Gasteiger partial charge in [-0.2, -0.15) is 0 Å². The first-order valence-electron chi connectivity index (χ1n) is 5.64. The molecule has 96 valence electrons. The Morgan fingerprint density at radius 2 is 2.28 bits per heavy atom. The number of carbonyl (C=O) groups excluding carboxylic acids is 1. The Labute approximate surface area is 123 Å². The van der Waals surface area contributed by atoms with Gasteiger partial charge in [-0.3, -0.25) is 4.40 Å². The second kappa shape index (κ2) is 5.92. The molecule has 2 rings (SSSR count). The molecule has 0 bridgehead atoms. The molecule has 0 atom stereocenters. The van der Waals surface area contributed by atoms with Crippen LogP contribution in [0, 0.1) is 3.57 Å². The molecule has 0 N–H and O–H groups in total. The normalized spacial score (nSPS) is 10.8. The van der Waals surface area contributed by atoms with Crippen LogP contribution >= 0.6 is 34.4 Å². The zero-order valence-corrected chi connectivity index (χ0v) is 13.1. The van der Waals surface area contributed by atoms with Gasteiger partial charge in [-0.05, 0) is 47.4 Å². The third-order valence-electron chi connectivity index (χ3n) is 2.29. The minimum absolute atomic E-state index is 0.354. The highest BCUT2D eigenvalue weighted by Gasteiger charge is 2.20. The van der Waals surface area contributed by atoms with Gasteiger partial charge in [0.1, 0.15) is 10.7 Å². The summed E-state index contributed by atoms with van der Waals surface area (Å²) in [6.07, 6.45) is 1.98. The molecule has 0 spiro atoms. The standard InChI is InChI=1S/C12H13IN2O2S/c1-3-17-12(16)10-11(18-4-2)15-7-8(13)5-6-9(15)14-10/h5-7H,3-4H2,1-2H3. The highest BCUT2D eigenvalue weighted by Crippen LogP contribution is 2.25. The summed E-state index contributed by atoms with van der Waals surface area (Å²) >= 11 is 3.84. The van der Waals surface area contributed by atoms with Crippen LogP contribution in [0.4, 0.5) is 0 Å². The Kier molecular flexibility index (Phi) is 4.50. The summed E-state index contributed by atoms with van der Waals surface area (Å²) in [5, 5.41) is 0.851. The molecular weight excluding hydrogens is 363 g/mol. The average molecular weight is 376 g/mol. The second-order valence-electron chi connectivity index (χ2n) is 3.49. The lowest BCUT2D eigenvalue weighted by Gasteiger charge is -2.03. The van der Waals surface area contributed by atoms with E-state index < -0.39 is 0 Å². The van der Waals surface area contributed by atoms with Crippen LogP contribution in [0.25, 0.3) is 5.65 Å². The molecule has 0 aliphatic carbocycles. The molecule has 0 saturated carbocycles. The van der Waals surface area contributed by atoms with Crippen molar-refractivity contribution in [3.63, 3.8) is 0 Å². The number of rotatable bonds is 4. The van der Waals surface area contributed by atoms with Crippen LogP contribution in [0.3, 0.4) is 0 Å².